The minimum Gasteiger partial charge on any atom is -0.497 e. The molecule has 0 radical (unpaired) electrons. The van der Waals surface area contributed by atoms with Gasteiger partial charge in [0.2, 0.25) is 0 Å². The molecule has 0 aliphatic heterocycles. The Bertz CT molecular complexity index is 122. The van der Waals surface area contributed by atoms with Crippen molar-refractivity contribution in [3.8, 4) is 0 Å². The van der Waals surface area contributed by atoms with Crippen LogP contribution in [0, 0.1) is 25.3 Å². The van der Waals surface area contributed by atoms with Crippen LogP contribution in [0.3, 0.4) is 0 Å². The maximum absolute atomic E-state index is 9.71. The molecule has 3 heteroatoms. The number of amides is 1. The van der Waals surface area contributed by atoms with Crippen LogP contribution >= 0.6 is 0 Å². The van der Waals surface area contributed by atoms with Gasteiger partial charge < -0.3 is 35.4 Å². The van der Waals surface area contributed by atoms with E-state index >= 15 is 0 Å². The van der Waals surface area contributed by atoms with Gasteiger partial charge in [-0.3, -0.25) is 0 Å². The van der Waals surface area contributed by atoms with Crippen molar-refractivity contribution in [2.45, 2.75) is 41.5 Å². The Morgan fingerprint density at radius 2 is 1.33 bits per heavy atom. The van der Waals surface area contributed by atoms with Gasteiger partial charge in [0.25, 0.3) is 0 Å². The van der Waals surface area contributed by atoms with Crippen LogP contribution in [0.25, 0.3) is 0 Å². The van der Waals surface area contributed by atoms with E-state index in [0.717, 1.165) is 6.20 Å². The molecule has 0 spiro atoms. The fourth-order valence-corrected chi connectivity index (χ4v) is 0.0929. The first kappa shape index (κ1) is 24.5. The van der Waals surface area contributed by atoms with E-state index in [-0.39, 0.29) is 37.7 Å². The van der Waals surface area contributed by atoms with Gasteiger partial charge in [0.1, 0.15) is 0 Å². The summed E-state index contributed by atoms with van der Waals surface area (Å²) in [6.07, 6.45) is 1.04. The first-order chi connectivity index (χ1) is 6.23. The van der Waals surface area contributed by atoms with Gasteiger partial charge in [-0.1, -0.05) is 0 Å². The van der Waals surface area contributed by atoms with E-state index in [1.807, 2.05) is 0 Å². The summed E-state index contributed by atoms with van der Waals surface area (Å²) in [6.45, 7) is 20.2. The van der Waals surface area contributed by atoms with E-state index in [2.05, 4.69) is 53.8 Å². The predicted molar refractivity (Wildman–Crippen MR) is 68.7 cm³/mol. The molecule has 1 N–H and O–H groups in total. The monoisotopic (exact) mass is 237 g/mol. The number of hydrogen-bond acceptors (Lipinski definition) is 1. The van der Waals surface area contributed by atoms with Crippen molar-refractivity contribution in [3.63, 3.8) is 0 Å². The van der Waals surface area contributed by atoms with Crippen molar-refractivity contribution >= 4 is 43.6 Å². The minimum absolute atomic E-state index is 0. The summed E-state index contributed by atoms with van der Waals surface area (Å²) in [6, 6.07) is 0. The third-order valence-electron chi connectivity index (χ3n) is 0.244. The molecule has 0 rings (SSSR count). The molecule has 0 bridgehead atoms. The van der Waals surface area contributed by atoms with Crippen LogP contribution in [0.2, 0.25) is 0 Å². The molecule has 0 atom stereocenters. The third kappa shape index (κ3) is 196. The molecule has 15 heavy (non-hydrogen) atoms. The standard InChI is InChI=1S/C4H5NO.2C4H9.Ca/c1-3-5-4(2)6;2*1-4(2)3;/h1,3H,2H2,(H,5,6);2*1-3H3;/q-2;2*-1;+2. The normalized spacial score (nSPS) is 7.47. The number of nitrogens with one attached hydrogen (secondary N) is 1. The van der Waals surface area contributed by atoms with Crippen LogP contribution in [-0.2, 0) is 4.79 Å². The van der Waals surface area contributed by atoms with Crippen LogP contribution in [-0.4, -0.2) is 43.6 Å². The molecule has 0 aromatic rings. The van der Waals surface area contributed by atoms with Gasteiger partial charge in [-0.25, -0.2) is 0 Å². The maximum atomic E-state index is 9.71. The van der Waals surface area contributed by atoms with E-state index < -0.39 is 5.91 Å². The summed E-state index contributed by atoms with van der Waals surface area (Å²) in [5, 5.41) is 2.11. The van der Waals surface area contributed by atoms with Crippen LogP contribution < -0.4 is 5.32 Å². The van der Waals surface area contributed by atoms with Crippen LogP contribution in [0.15, 0.2) is 6.20 Å². The van der Waals surface area contributed by atoms with Gasteiger partial charge in [0.05, 0.1) is 5.91 Å². The van der Waals surface area contributed by atoms with Gasteiger partial charge in [0, 0.05) is 0 Å². The average Bonchev–Trinajstić information content (AvgIpc) is 1.82. The fourth-order valence-electron chi connectivity index (χ4n) is 0.0929. The van der Waals surface area contributed by atoms with E-state index in [1.54, 1.807) is 0 Å². The van der Waals surface area contributed by atoms with E-state index in [9.17, 15) is 4.79 Å². The molecule has 0 saturated carbocycles. The Morgan fingerprint density at radius 3 is 1.33 bits per heavy atom. The zero-order chi connectivity index (χ0) is 12.1. The molecule has 2 nitrogen and oxygen atoms in total. The second-order valence-electron chi connectivity index (χ2n) is 3.73. The Labute approximate surface area is 126 Å². The number of carbonyl (C=O) groups is 1. The summed E-state index contributed by atoms with van der Waals surface area (Å²) in [5.74, 6) is 2.44. The second kappa shape index (κ2) is 19.8. The number of hydrogen-bond donors (Lipinski definition) is 1. The first-order valence-corrected chi connectivity index (χ1v) is 4.43. The molecule has 1 amide bonds. The zero-order valence-electron chi connectivity index (χ0n) is 11.0. The molecule has 0 saturated heterocycles. The molecule has 0 aliphatic carbocycles. The third-order valence-corrected chi connectivity index (χ3v) is 0.244. The SMILES string of the molecule is C[C-](C)C.C[C-](C)C.[CH-]=CNC([CH2-])=O.[Ca+2]. The smallest absolute Gasteiger partial charge is 0.497 e. The Kier molecular flexibility index (Phi) is 32.5. The molecule has 86 valence electrons. The van der Waals surface area contributed by atoms with Crippen molar-refractivity contribution in [2.24, 2.45) is 0 Å². The Morgan fingerprint density at radius 1 is 1.13 bits per heavy atom. The van der Waals surface area contributed by atoms with E-state index in [1.165, 1.54) is 11.8 Å². The molecular weight excluding hydrogens is 214 g/mol. The fraction of sp³-hybridized carbons (Fsp3) is 0.500. The molecule has 0 heterocycles. The molecule has 0 unspecified atom stereocenters. The largest absolute Gasteiger partial charge is 2.00 e. The number of rotatable bonds is 1. The summed E-state index contributed by atoms with van der Waals surface area (Å²) in [4.78, 5) is 9.71. The van der Waals surface area contributed by atoms with Gasteiger partial charge >= 0.3 is 37.7 Å². The van der Waals surface area contributed by atoms with Crippen LogP contribution in [0.4, 0.5) is 0 Å². The van der Waals surface area contributed by atoms with Crippen LogP contribution in [0.5, 0.6) is 0 Å². The van der Waals surface area contributed by atoms with Crippen molar-refractivity contribution in [2.75, 3.05) is 0 Å². The molecule has 0 fully saturated rings. The van der Waals surface area contributed by atoms with Gasteiger partial charge in [-0.05, 0) is 0 Å². The first-order valence-electron chi connectivity index (χ1n) is 4.43. The summed E-state index contributed by atoms with van der Waals surface area (Å²) in [5.41, 5.74) is 0. The second-order valence-corrected chi connectivity index (χ2v) is 3.73. The average molecular weight is 237 g/mol. The summed E-state index contributed by atoms with van der Waals surface area (Å²) in [7, 11) is 0. The zero-order valence-corrected chi connectivity index (χ0v) is 13.2. The molecule has 0 aliphatic rings. The Hall–Kier alpha value is 0.340. The van der Waals surface area contributed by atoms with Gasteiger partial charge in [0.15, 0.2) is 0 Å². The maximum Gasteiger partial charge on any atom is 2.00 e. The quantitative estimate of drug-likeness (QED) is 0.551. The summed E-state index contributed by atoms with van der Waals surface area (Å²) >= 11 is 0. The van der Waals surface area contributed by atoms with Crippen molar-refractivity contribution in [1.29, 1.82) is 0 Å². The molecule has 0 aromatic carbocycles. The topological polar surface area (TPSA) is 29.1 Å². The van der Waals surface area contributed by atoms with E-state index in [4.69, 9.17) is 6.58 Å². The minimum atomic E-state index is -0.391. The van der Waals surface area contributed by atoms with Crippen LogP contribution in [0.1, 0.15) is 41.5 Å². The van der Waals surface area contributed by atoms with E-state index in [0.29, 0.717) is 0 Å². The van der Waals surface area contributed by atoms with Crippen molar-refractivity contribution in [1.82, 2.24) is 5.32 Å². The predicted octanol–water partition coefficient (Wildman–Crippen LogP) is 2.74. The molecule has 0 aromatic heterocycles. The Balaban J connectivity index is -0.0000000606. The van der Waals surface area contributed by atoms with Gasteiger partial charge in [-0.15, -0.1) is 0 Å². The van der Waals surface area contributed by atoms with Crippen molar-refractivity contribution in [3.05, 3.63) is 31.5 Å². The summed E-state index contributed by atoms with van der Waals surface area (Å²) < 4.78 is 0. The van der Waals surface area contributed by atoms with Crippen molar-refractivity contribution < 1.29 is 4.79 Å². The van der Waals surface area contributed by atoms with Gasteiger partial charge in [-0.2, -0.15) is 47.7 Å². The number of carbonyl (C=O) groups excluding carboxylic acids is 1. The molecular formula is C12H23CaNO-2.